The first-order chi connectivity index (χ1) is 13.0. The fourth-order valence-electron chi connectivity index (χ4n) is 3.02. The molecule has 0 saturated heterocycles. The number of hydrogen-bond acceptors (Lipinski definition) is 5. The summed E-state index contributed by atoms with van der Waals surface area (Å²) >= 11 is 4.76. The van der Waals surface area contributed by atoms with Gasteiger partial charge in [-0.1, -0.05) is 42.5 Å². The summed E-state index contributed by atoms with van der Waals surface area (Å²) in [5, 5.41) is 15.5. The van der Waals surface area contributed by atoms with E-state index < -0.39 is 11.5 Å². The van der Waals surface area contributed by atoms with E-state index in [2.05, 4.69) is 10.5 Å². The monoisotopic (exact) mass is 381 g/mol. The summed E-state index contributed by atoms with van der Waals surface area (Å²) in [5.74, 6) is -0.519. The van der Waals surface area contributed by atoms with Gasteiger partial charge in [-0.15, -0.1) is 0 Å². The molecule has 138 valence electrons. The summed E-state index contributed by atoms with van der Waals surface area (Å²) in [7, 11) is 0. The molecule has 2 aromatic carbocycles. The van der Waals surface area contributed by atoms with Crippen molar-refractivity contribution >= 4 is 34.0 Å². The van der Waals surface area contributed by atoms with E-state index in [-0.39, 0.29) is 16.4 Å². The highest BCUT2D eigenvalue weighted by Gasteiger charge is 2.25. The fourth-order valence-corrected chi connectivity index (χ4v) is 3.06. The molecule has 3 rings (SSSR count). The summed E-state index contributed by atoms with van der Waals surface area (Å²) in [6.45, 7) is 1.79. The number of fused-ring (bicyclic) bond motifs is 1. The molecule has 27 heavy (non-hydrogen) atoms. The summed E-state index contributed by atoms with van der Waals surface area (Å²) in [6.07, 6.45) is 0.371. The molecule has 0 aliphatic rings. The van der Waals surface area contributed by atoms with Gasteiger partial charge in [-0.2, -0.15) is 5.10 Å². The van der Waals surface area contributed by atoms with E-state index in [0.29, 0.717) is 23.1 Å². The first kappa shape index (κ1) is 18.6. The minimum Gasteiger partial charge on any atom is -0.507 e. The number of para-hydroxylation sites is 1. The third kappa shape index (κ3) is 4.15. The molecular weight excluding hydrogens is 362 g/mol. The summed E-state index contributed by atoms with van der Waals surface area (Å²) in [6, 6.07) is 16.3. The molecule has 0 bridgehead atoms. The van der Waals surface area contributed by atoms with E-state index in [1.807, 2.05) is 30.3 Å². The highest BCUT2D eigenvalue weighted by Crippen LogP contribution is 2.36. The van der Waals surface area contributed by atoms with Crippen molar-refractivity contribution in [3.63, 3.8) is 0 Å². The topological polar surface area (TPSA) is 101 Å². The normalized spacial score (nSPS) is 12.7. The number of thiocarbonyl (C=S) groups is 1. The average molecular weight is 381 g/mol. The maximum absolute atomic E-state index is 12.7. The van der Waals surface area contributed by atoms with Crippen LogP contribution >= 0.6 is 12.2 Å². The van der Waals surface area contributed by atoms with Gasteiger partial charge in [0.25, 0.3) is 0 Å². The largest absolute Gasteiger partial charge is 0.507 e. The van der Waals surface area contributed by atoms with E-state index in [9.17, 15) is 9.90 Å². The van der Waals surface area contributed by atoms with E-state index in [0.717, 1.165) is 5.56 Å². The molecule has 0 saturated carbocycles. The molecule has 0 spiro atoms. The Morgan fingerprint density at radius 2 is 1.89 bits per heavy atom. The van der Waals surface area contributed by atoms with Gasteiger partial charge in [0.1, 0.15) is 11.3 Å². The third-order valence-corrected chi connectivity index (χ3v) is 4.32. The molecule has 0 unspecified atom stereocenters. The first-order valence-corrected chi connectivity index (χ1v) is 8.76. The van der Waals surface area contributed by atoms with Crippen molar-refractivity contribution in [2.45, 2.75) is 19.3 Å². The average Bonchev–Trinajstić information content (AvgIpc) is 2.66. The molecule has 1 atom stereocenters. The van der Waals surface area contributed by atoms with Crippen LogP contribution in [0.25, 0.3) is 11.0 Å². The van der Waals surface area contributed by atoms with E-state index >= 15 is 0 Å². The fraction of sp³-hybridized carbons (Fsp3) is 0.150. The van der Waals surface area contributed by atoms with Crippen LogP contribution in [0.5, 0.6) is 5.75 Å². The van der Waals surface area contributed by atoms with Gasteiger partial charge in [-0.3, -0.25) is 5.43 Å². The van der Waals surface area contributed by atoms with Crippen LogP contribution in [-0.4, -0.2) is 15.9 Å². The maximum Gasteiger partial charge on any atom is 0.343 e. The van der Waals surface area contributed by atoms with Gasteiger partial charge < -0.3 is 15.3 Å². The van der Waals surface area contributed by atoms with Gasteiger partial charge in [-0.05, 0) is 43.3 Å². The quantitative estimate of drug-likeness (QED) is 0.271. The second-order valence-corrected chi connectivity index (χ2v) is 6.58. The molecule has 0 aliphatic heterocycles. The van der Waals surface area contributed by atoms with Gasteiger partial charge in [0.15, 0.2) is 5.11 Å². The molecule has 0 aliphatic carbocycles. The Bertz CT molecular complexity index is 1060. The van der Waals surface area contributed by atoms with Crippen molar-refractivity contribution in [3.05, 3.63) is 76.1 Å². The maximum atomic E-state index is 12.7. The summed E-state index contributed by atoms with van der Waals surface area (Å²) < 4.78 is 5.44. The van der Waals surface area contributed by atoms with Crippen LogP contribution in [0.15, 0.2) is 68.9 Å². The smallest absolute Gasteiger partial charge is 0.343 e. The summed E-state index contributed by atoms with van der Waals surface area (Å²) in [4.78, 5) is 12.7. The molecule has 7 heteroatoms. The lowest BCUT2D eigenvalue weighted by molar-refractivity contribution is 0.452. The molecule has 0 amide bonds. The van der Waals surface area contributed by atoms with E-state index in [1.54, 1.807) is 31.2 Å². The number of nitrogens with one attached hydrogen (secondary N) is 1. The molecule has 0 fully saturated rings. The number of rotatable bonds is 5. The lowest BCUT2D eigenvalue weighted by Crippen LogP contribution is -2.25. The minimum atomic E-state index is -0.574. The van der Waals surface area contributed by atoms with Crippen LogP contribution in [0.3, 0.4) is 0 Å². The van der Waals surface area contributed by atoms with E-state index in [1.165, 1.54) is 0 Å². The number of nitrogens with zero attached hydrogens (tertiary/aromatic N) is 1. The Balaban J connectivity index is 2.14. The Kier molecular flexibility index (Phi) is 5.52. The lowest BCUT2D eigenvalue weighted by atomic mass is 9.87. The number of benzene rings is 2. The predicted molar refractivity (Wildman–Crippen MR) is 110 cm³/mol. The van der Waals surface area contributed by atoms with Crippen molar-refractivity contribution in [2.75, 3.05) is 0 Å². The van der Waals surface area contributed by atoms with Crippen LogP contribution < -0.4 is 16.8 Å². The van der Waals surface area contributed by atoms with E-state index in [4.69, 9.17) is 22.4 Å². The van der Waals surface area contributed by atoms with Crippen molar-refractivity contribution in [2.24, 2.45) is 10.8 Å². The third-order valence-electron chi connectivity index (χ3n) is 4.23. The standard InChI is InChI=1S/C20H19N3O3S/c1-12(22-23-20(21)27)11-15(13-7-3-2-4-8-13)17-18(24)14-9-5-6-10-16(14)26-19(17)25/h2-10,15,24H,11H2,1H3,(H3,21,23,27)/t15-/m1/s1. The number of aromatic hydroxyl groups is 1. The zero-order valence-electron chi connectivity index (χ0n) is 14.7. The second-order valence-electron chi connectivity index (χ2n) is 6.14. The predicted octanol–water partition coefficient (Wildman–Crippen LogP) is 3.23. The van der Waals surface area contributed by atoms with Crippen molar-refractivity contribution in [3.8, 4) is 5.75 Å². The van der Waals surface area contributed by atoms with Crippen LogP contribution in [-0.2, 0) is 0 Å². The molecular formula is C20H19N3O3S. The number of hydrogen-bond donors (Lipinski definition) is 3. The zero-order chi connectivity index (χ0) is 19.4. The van der Waals surface area contributed by atoms with Crippen molar-refractivity contribution in [1.82, 2.24) is 5.43 Å². The summed E-state index contributed by atoms with van der Waals surface area (Å²) in [5.41, 5.74) is 9.46. The van der Waals surface area contributed by atoms with Crippen molar-refractivity contribution < 1.29 is 9.52 Å². The Hall–Kier alpha value is -3.19. The van der Waals surface area contributed by atoms with Crippen LogP contribution in [0.4, 0.5) is 0 Å². The molecule has 1 aromatic heterocycles. The highest BCUT2D eigenvalue weighted by atomic mass is 32.1. The Labute approximate surface area is 161 Å². The Morgan fingerprint density at radius 3 is 2.59 bits per heavy atom. The van der Waals surface area contributed by atoms with Gasteiger partial charge >= 0.3 is 5.63 Å². The molecule has 3 aromatic rings. The van der Waals surface area contributed by atoms with Crippen LogP contribution in [0.2, 0.25) is 0 Å². The molecule has 6 nitrogen and oxygen atoms in total. The minimum absolute atomic E-state index is 0.0543. The SMILES string of the molecule is CC(C[C@H](c1ccccc1)c1c(O)c2ccccc2oc1=O)=NNC(N)=S. The second kappa shape index (κ2) is 8.01. The van der Waals surface area contributed by atoms with Gasteiger partial charge in [0.2, 0.25) is 0 Å². The first-order valence-electron chi connectivity index (χ1n) is 8.35. The van der Waals surface area contributed by atoms with Gasteiger partial charge in [-0.25, -0.2) is 4.79 Å². The molecule has 1 heterocycles. The zero-order valence-corrected chi connectivity index (χ0v) is 15.5. The molecule has 4 N–H and O–H groups in total. The number of nitrogens with two attached hydrogens (primary N) is 1. The van der Waals surface area contributed by atoms with Crippen LogP contribution in [0, 0.1) is 0 Å². The number of hydrazone groups is 1. The van der Waals surface area contributed by atoms with Gasteiger partial charge in [0.05, 0.1) is 10.9 Å². The lowest BCUT2D eigenvalue weighted by Gasteiger charge is -2.18. The van der Waals surface area contributed by atoms with Crippen molar-refractivity contribution in [1.29, 1.82) is 0 Å². The highest BCUT2D eigenvalue weighted by molar-refractivity contribution is 7.80. The van der Waals surface area contributed by atoms with Gasteiger partial charge in [0, 0.05) is 11.6 Å². The van der Waals surface area contributed by atoms with Crippen LogP contribution in [0.1, 0.15) is 30.4 Å². The molecule has 0 radical (unpaired) electrons. The Morgan fingerprint density at radius 1 is 1.22 bits per heavy atom.